The van der Waals surface area contributed by atoms with Gasteiger partial charge in [0.15, 0.2) is 0 Å². The van der Waals surface area contributed by atoms with Gasteiger partial charge in [0.25, 0.3) is 5.91 Å². The second-order valence-corrected chi connectivity index (χ2v) is 5.34. The molecule has 7 heteroatoms. The second kappa shape index (κ2) is 7.01. The quantitative estimate of drug-likeness (QED) is 0.779. The van der Waals surface area contributed by atoms with Gasteiger partial charge in [0.2, 0.25) is 0 Å². The molecule has 0 aliphatic rings. The number of methoxy groups -OCH3 is 1. The van der Waals surface area contributed by atoms with Gasteiger partial charge in [0.1, 0.15) is 6.33 Å². The highest BCUT2D eigenvalue weighted by Crippen LogP contribution is 2.19. The van der Waals surface area contributed by atoms with Gasteiger partial charge in [-0.1, -0.05) is 18.2 Å². The van der Waals surface area contributed by atoms with E-state index in [0.717, 1.165) is 16.8 Å². The molecule has 0 bridgehead atoms. The summed E-state index contributed by atoms with van der Waals surface area (Å²) in [6.45, 7) is 2.42. The highest BCUT2D eigenvalue weighted by molar-refractivity contribution is 6.04. The van der Waals surface area contributed by atoms with E-state index in [-0.39, 0.29) is 5.91 Å². The van der Waals surface area contributed by atoms with Gasteiger partial charge >= 0.3 is 0 Å². The van der Waals surface area contributed by atoms with Gasteiger partial charge in [-0.2, -0.15) is 0 Å². The molecule has 0 atom stereocenters. The van der Waals surface area contributed by atoms with Crippen molar-refractivity contribution < 1.29 is 9.53 Å². The normalized spacial score (nSPS) is 10.6. The Kier molecular flexibility index (Phi) is 4.62. The topological polar surface area (TPSA) is 81.9 Å². The van der Waals surface area contributed by atoms with Gasteiger partial charge in [-0.15, -0.1) is 5.10 Å². The lowest BCUT2D eigenvalue weighted by Gasteiger charge is -2.10. The Bertz CT molecular complexity index is 846. The zero-order valence-corrected chi connectivity index (χ0v) is 13.4. The number of rotatable bonds is 5. The van der Waals surface area contributed by atoms with Crippen LogP contribution in [-0.4, -0.2) is 33.2 Å². The summed E-state index contributed by atoms with van der Waals surface area (Å²) in [6.07, 6.45) is 1.52. The predicted molar refractivity (Wildman–Crippen MR) is 89.0 cm³/mol. The highest BCUT2D eigenvalue weighted by atomic mass is 16.5. The molecule has 0 unspecified atom stereocenters. The lowest BCUT2D eigenvalue weighted by Crippen LogP contribution is -2.13. The van der Waals surface area contributed by atoms with Crippen LogP contribution in [0, 0.1) is 6.92 Å². The Hall–Kier alpha value is -3.06. The van der Waals surface area contributed by atoms with Gasteiger partial charge in [-0.05, 0) is 52.7 Å². The van der Waals surface area contributed by atoms with Crippen molar-refractivity contribution in [2.45, 2.75) is 13.5 Å². The van der Waals surface area contributed by atoms with Crippen LogP contribution >= 0.6 is 0 Å². The molecule has 2 aromatic carbocycles. The molecule has 3 aromatic rings. The predicted octanol–water partition coefficient (Wildman–Crippen LogP) is 2.37. The number of aromatic nitrogens is 4. The monoisotopic (exact) mass is 323 g/mol. The maximum Gasteiger partial charge on any atom is 0.255 e. The lowest BCUT2D eigenvalue weighted by atomic mass is 10.1. The Morgan fingerprint density at radius 1 is 1.25 bits per heavy atom. The van der Waals surface area contributed by atoms with Crippen molar-refractivity contribution in [2.24, 2.45) is 0 Å². The van der Waals surface area contributed by atoms with Gasteiger partial charge in [-0.3, -0.25) is 4.79 Å². The average molecular weight is 323 g/mol. The third kappa shape index (κ3) is 3.47. The molecule has 1 amide bonds. The van der Waals surface area contributed by atoms with Crippen molar-refractivity contribution in [1.29, 1.82) is 0 Å². The number of nitrogens with one attached hydrogen (secondary N) is 1. The number of amides is 1. The smallest absolute Gasteiger partial charge is 0.255 e. The van der Waals surface area contributed by atoms with Crippen molar-refractivity contribution >= 4 is 11.6 Å². The molecule has 0 saturated carbocycles. The number of benzene rings is 2. The number of aryl methyl sites for hydroxylation is 1. The fraction of sp³-hybridized carbons (Fsp3) is 0.176. The van der Waals surface area contributed by atoms with Crippen molar-refractivity contribution in [3.8, 4) is 5.69 Å². The van der Waals surface area contributed by atoms with E-state index in [0.29, 0.717) is 17.9 Å². The standard InChI is InChI=1S/C17H17N5O2/c1-12-6-7-15(9-16(12)22-11-18-20-21-22)19-17(23)14-5-3-4-13(8-14)10-24-2/h3-9,11H,10H2,1-2H3,(H,19,23). The maximum absolute atomic E-state index is 12.5. The highest BCUT2D eigenvalue weighted by Gasteiger charge is 2.09. The number of carbonyl (C=O) groups excluding carboxylic acids is 1. The van der Waals surface area contributed by atoms with Crippen LogP contribution in [0.15, 0.2) is 48.8 Å². The minimum atomic E-state index is -0.181. The molecule has 24 heavy (non-hydrogen) atoms. The summed E-state index contributed by atoms with van der Waals surface area (Å²) in [5.41, 5.74) is 4.01. The molecule has 0 spiro atoms. The Morgan fingerprint density at radius 3 is 2.88 bits per heavy atom. The molecule has 1 aromatic heterocycles. The first-order valence-electron chi connectivity index (χ1n) is 7.40. The van der Waals surface area contributed by atoms with Crippen LogP contribution in [0.25, 0.3) is 5.69 Å². The summed E-state index contributed by atoms with van der Waals surface area (Å²) < 4.78 is 6.66. The number of hydrogen-bond acceptors (Lipinski definition) is 5. The van der Waals surface area contributed by atoms with Crippen molar-refractivity contribution in [1.82, 2.24) is 20.2 Å². The first-order chi connectivity index (χ1) is 11.7. The SMILES string of the molecule is COCc1cccc(C(=O)Nc2ccc(C)c(-n3cnnn3)c2)c1. The summed E-state index contributed by atoms with van der Waals surface area (Å²) in [5, 5.41) is 14.1. The van der Waals surface area contributed by atoms with Crippen LogP contribution in [0.2, 0.25) is 0 Å². The average Bonchev–Trinajstić information content (AvgIpc) is 3.11. The van der Waals surface area contributed by atoms with E-state index in [1.165, 1.54) is 6.33 Å². The fourth-order valence-electron chi connectivity index (χ4n) is 2.38. The maximum atomic E-state index is 12.5. The Morgan fingerprint density at radius 2 is 2.12 bits per heavy atom. The third-order valence-electron chi connectivity index (χ3n) is 3.56. The summed E-state index contributed by atoms with van der Waals surface area (Å²) in [6, 6.07) is 12.9. The van der Waals surface area contributed by atoms with Crippen LogP contribution in [0.4, 0.5) is 5.69 Å². The number of anilines is 1. The molecule has 0 radical (unpaired) electrons. The van der Waals surface area contributed by atoms with Crippen molar-refractivity contribution in [3.05, 3.63) is 65.5 Å². The molecule has 1 heterocycles. The van der Waals surface area contributed by atoms with Gasteiger partial charge in [-0.25, -0.2) is 4.68 Å². The number of nitrogens with zero attached hydrogens (tertiary/aromatic N) is 4. The fourth-order valence-corrected chi connectivity index (χ4v) is 2.38. The van der Waals surface area contributed by atoms with E-state index in [1.54, 1.807) is 17.9 Å². The Balaban J connectivity index is 1.82. The molecule has 122 valence electrons. The van der Waals surface area contributed by atoms with E-state index in [9.17, 15) is 4.79 Å². The number of tetrazole rings is 1. The molecule has 1 N–H and O–H groups in total. The van der Waals surface area contributed by atoms with Gasteiger partial charge in [0.05, 0.1) is 12.3 Å². The second-order valence-electron chi connectivity index (χ2n) is 5.34. The van der Waals surface area contributed by atoms with E-state index in [1.807, 2.05) is 43.3 Å². The first-order valence-corrected chi connectivity index (χ1v) is 7.40. The molecule has 0 aliphatic carbocycles. The molecule has 0 fully saturated rings. The summed E-state index contributed by atoms with van der Waals surface area (Å²) >= 11 is 0. The van der Waals surface area contributed by atoms with E-state index >= 15 is 0 Å². The van der Waals surface area contributed by atoms with Crippen LogP contribution in [0.3, 0.4) is 0 Å². The third-order valence-corrected chi connectivity index (χ3v) is 3.56. The molecule has 3 rings (SSSR count). The Labute approximate surface area is 139 Å². The van der Waals surface area contributed by atoms with Crippen LogP contribution in [0.1, 0.15) is 21.5 Å². The van der Waals surface area contributed by atoms with E-state index < -0.39 is 0 Å². The van der Waals surface area contributed by atoms with E-state index in [4.69, 9.17) is 4.74 Å². The molecular weight excluding hydrogens is 306 g/mol. The minimum Gasteiger partial charge on any atom is -0.380 e. The van der Waals surface area contributed by atoms with Crippen LogP contribution < -0.4 is 5.32 Å². The van der Waals surface area contributed by atoms with Gasteiger partial charge < -0.3 is 10.1 Å². The zero-order chi connectivity index (χ0) is 16.9. The largest absolute Gasteiger partial charge is 0.380 e. The van der Waals surface area contributed by atoms with Crippen molar-refractivity contribution in [3.63, 3.8) is 0 Å². The first kappa shape index (κ1) is 15.8. The number of carbonyl (C=O) groups is 1. The molecule has 0 aliphatic heterocycles. The molecule has 0 saturated heterocycles. The summed E-state index contributed by atoms with van der Waals surface area (Å²) in [4.78, 5) is 12.5. The van der Waals surface area contributed by atoms with Crippen LogP contribution in [0.5, 0.6) is 0 Å². The summed E-state index contributed by atoms with van der Waals surface area (Å²) in [5.74, 6) is -0.181. The minimum absolute atomic E-state index is 0.181. The number of ether oxygens (including phenoxy) is 1. The van der Waals surface area contributed by atoms with Crippen LogP contribution in [-0.2, 0) is 11.3 Å². The van der Waals surface area contributed by atoms with Crippen molar-refractivity contribution in [2.75, 3.05) is 12.4 Å². The molecule has 7 nitrogen and oxygen atoms in total. The van der Waals surface area contributed by atoms with E-state index in [2.05, 4.69) is 20.8 Å². The van der Waals surface area contributed by atoms with Gasteiger partial charge in [0, 0.05) is 18.4 Å². The zero-order valence-electron chi connectivity index (χ0n) is 13.4. The molecular formula is C17H17N5O2. The lowest BCUT2D eigenvalue weighted by molar-refractivity contribution is 0.102. The number of hydrogen-bond donors (Lipinski definition) is 1. The summed E-state index contributed by atoms with van der Waals surface area (Å²) in [7, 11) is 1.62.